The Labute approximate surface area is 126 Å². The third-order valence-electron chi connectivity index (χ3n) is 2.41. The lowest BCUT2D eigenvalue weighted by molar-refractivity contribution is 0.102. The maximum atomic E-state index is 13.7. The van der Waals surface area contributed by atoms with Gasteiger partial charge >= 0.3 is 0 Å². The summed E-state index contributed by atoms with van der Waals surface area (Å²) in [5, 5.41) is 2.36. The van der Waals surface area contributed by atoms with Gasteiger partial charge in [-0.05, 0) is 34.1 Å². The normalized spacial score (nSPS) is 10.4. The van der Waals surface area contributed by atoms with Crippen molar-refractivity contribution < 1.29 is 13.6 Å². The van der Waals surface area contributed by atoms with Crippen molar-refractivity contribution >= 4 is 44.9 Å². The fourth-order valence-electron chi connectivity index (χ4n) is 1.48. The minimum absolute atomic E-state index is 0.0207. The first-order chi connectivity index (χ1) is 9.40. The number of carbonyl (C=O) groups excluding carboxylic acids is 1. The molecule has 0 saturated heterocycles. The van der Waals surface area contributed by atoms with E-state index in [0.717, 1.165) is 12.1 Å². The van der Waals surface area contributed by atoms with Crippen LogP contribution in [-0.2, 0) is 0 Å². The Balaban J connectivity index is 2.36. The van der Waals surface area contributed by atoms with Gasteiger partial charge in [-0.25, -0.2) is 13.8 Å². The predicted molar refractivity (Wildman–Crippen MR) is 75.7 cm³/mol. The fraction of sp³-hybridized carbons (Fsp3) is 0. The summed E-state index contributed by atoms with van der Waals surface area (Å²) in [4.78, 5) is 15.5. The number of hydrogen-bond donors (Lipinski definition) is 2. The summed E-state index contributed by atoms with van der Waals surface area (Å²) in [6, 6.07) is 3.32. The number of benzene rings is 1. The van der Waals surface area contributed by atoms with Gasteiger partial charge < -0.3 is 11.1 Å². The first-order valence-electron chi connectivity index (χ1n) is 5.26. The molecule has 0 fully saturated rings. The van der Waals surface area contributed by atoms with Crippen LogP contribution in [0.1, 0.15) is 10.4 Å². The van der Waals surface area contributed by atoms with Crippen LogP contribution in [0.2, 0.25) is 5.02 Å². The number of amides is 1. The van der Waals surface area contributed by atoms with Crippen molar-refractivity contribution in [3.8, 4) is 0 Å². The molecular weight excluding hydrogens is 356 g/mol. The topological polar surface area (TPSA) is 68.0 Å². The number of nitrogens with one attached hydrogen (secondary N) is 1. The third-order valence-corrected chi connectivity index (χ3v) is 3.33. The molecule has 0 aliphatic rings. The summed E-state index contributed by atoms with van der Waals surface area (Å²) >= 11 is 8.88. The highest BCUT2D eigenvalue weighted by Crippen LogP contribution is 2.32. The molecule has 104 valence electrons. The van der Waals surface area contributed by atoms with Gasteiger partial charge in [0.25, 0.3) is 5.91 Å². The Morgan fingerprint density at radius 3 is 2.75 bits per heavy atom. The van der Waals surface area contributed by atoms with E-state index in [1.807, 2.05) is 0 Å². The maximum absolute atomic E-state index is 13.7. The van der Waals surface area contributed by atoms with E-state index in [2.05, 4.69) is 26.2 Å². The smallest absolute Gasteiger partial charge is 0.258 e. The van der Waals surface area contributed by atoms with Crippen LogP contribution in [0.5, 0.6) is 0 Å². The van der Waals surface area contributed by atoms with Gasteiger partial charge in [-0.3, -0.25) is 4.79 Å². The Hall–Kier alpha value is -1.73. The second-order valence-electron chi connectivity index (χ2n) is 3.76. The zero-order valence-corrected chi connectivity index (χ0v) is 12.1. The van der Waals surface area contributed by atoms with Crippen molar-refractivity contribution in [2.24, 2.45) is 0 Å². The quantitative estimate of drug-likeness (QED) is 0.857. The maximum Gasteiger partial charge on any atom is 0.258 e. The number of nitrogens with zero attached hydrogens (tertiary/aromatic N) is 1. The second-order valence-corrected chi connectivity index (χ2v) is 5.02. The number of nitrogens with two attached hydrogens (primary N) is 1. The lowest BCUT2D eigenvalue weighted by atomic mass is 10.2. The van der Waals surface area contributed by atoms with Crippen LogP contribution < -0.4 is 11.1 Å². The molecular formula is C12H7BrClF2N3O. The molecule has 0 radical (unpaired) electrons. The number of rotatable bonds is 2. The van der Waals surface area contributed by atoms with Crippen molar-refractivity contribution in [1.82, 2.24) is 4.98 Å². The predicted octanol–water partition coefficient (Wildman–Crippen LogP) is 3.61. The molecule has 0 atom stereocenters. The van der Waals surface area contributed by atoms with E-state index < -0.39 is 17.5 Å². The van der Waals surface area contributed by atoms with Gasteiger partial charge in [0.2, 0.25) is 0 Å². The Bertz CT molecular complexity index is 673. The van der Waals surface area contributed by atoms with Crippen LogP contribution in [0.3, 0.4) is 0 Å². The lowest BCUT2D eigenvalue weighted by Crippen LogP contribution is -2.16. The highest BCUT2D eigenvalue weighted by atomic mass is 79.9. The molecule has 0 saturated carbocycles. The van der Waals surface area contributed by atoms with Crippen LogP contribution in [-0.4, -0.2) is 10.9 Å². The average molecular weight is 363 g/mol. The molecule has 1 aromatic heterocycles. The van der Waals surface area contributed by atoms with Crippen molar-refractivity contribution in [2.75, 3.05) is 11.1 Å². The number of nitrogen functional groups attached to an aromatic ring is 1. The molecule has 2 aromatic rings. The molecule has 0 aliphatic carbocycles. The summed E-state index contributed by atoms with van der Waals surface area (Å²) in [6.07, 6.45) is 1.20. The monoisotopic (exact) mass is 361 g/mol. The van der Waals surface area contributed by atoms with Crippen molar-refractivity contribution in [3.05, 3.63) is 51.1 Å². The molecule has 0 bridgehead atoms. The summed E-state index contributed by atoms with van der Waals surface area (Å²) in [7, 11) is 0. The van der Waals surface area contributed by atoms with E-state index >= 15 is 0 Å². The van der Waals surface area contributed by atoms with Crippen LogP contribution in [0.4, 0.5) is 20.3 Å². The van der Waals surface area contributed by atoms with Crippen molar-refractivity contribution in [1.29, 1.82) is 0 Å². The van der Waals surface area contributed by atoms with Crippen molar-refractivity contribution in [2.45, 2.75) is 0 Å². The minimum Gasteiger partial charge on any atom is -0.381 e. The summed E-state index contributed by atoms with van der Waals surface area (Å²) in [5.41, 5.74) is 5.13. The molecule has 8 heteroatoms. The Morgan fingerprint density at radius 2 is 2.10 bits per heavy atom. The molecule has 0 aliphatic heterocycles. The molecule has 20 heavy (non-hydrogen) atoms. The van der Waals surface area contributed by atoms with Crippen LogP contribution in [0.25, 0.3) is 0 Å². The molecule has 1 amide bonds. The molecule has 2 rings (SSSR count). The first kappa shape index (κ1) is 14.7. The lowest BCUT2D eigenvalue weighted by Gasteiger charge is -2.10. The van der Waals surface area contributed by atoms with Crippen LogP contribution in [0, 0.1) is 11.6 Å². The van der Waals surface area contributed by atoms with Crippen LogP contribution >= 0.6 is 27.5 Å². The van der Waals surface area contributed by atoms with Crippen LogP contribution in [0.15, 0.2) is 28.9 Å². The molecule has 0 spiro atoms. The number of hydrogen-bond acceptors (Lipinski definition) is 3. The van der Waals surface area contributed by atoms with Gasteiger partial charge in [0.05, 0.1) is 16.3 Å². The molecule has 4 nitrogen and oxygen atoms in total. The summed E-state index contributed by atoms with van der Waals surface area (Å²) in [6.45, 7) is 0. The molecule has 1 heterocycles. The van der Waals surface area contributed by atoms with Gasteiger partial charge in [0.15, 0.2) is 11.6 Å². The van der Waals surface area contributed by atoms with Gasteiger partial charge in [-0.1, -0.05) is 11.6 Å². The minimum atomic E-state index is -0.931. The standard InChI is InChI=1S/C12H7BrClF2N3O/c13-7-3-5(15)4-8(14)10(7)19-12(20)6-1-2-18-11(17)9(6)16/h1-4H,(H2,17,18)(H,19,20). The first-order valence-corrected chi connectivity index (χ1v) is 6.43. The highest BCUT2D eigenvalue weighted by molar-refractivity contribution is 9.10. The van der Waals surface area contributed by atoms with Gasteiger partial charge in [0.1, 0.15) is 5.82 Å². The van der Waals surface area contributed by atoms with Crippen molar-refractivity contribution in [3.63, 3.8) is 0 Å². The highest BCUT2D eigenvalue weighted by Gasteiger charge is 2.17. The Morgan fingerprint density at radius 1 is 1.40 bits per heavy atom. The number of anilines is 2. The van der Waals surface area contributed by atoms with Gasteiger partial charge in [0, 0.05) is 10.7 Å². The number of halogens is 4. The van der Waals surface area contributed by atoms with E-state index in [1.54, 1.807) is 0 Å². The van der Waals surface area contributed by atoms with Gasteiger partial charge in [-0.15, -0.1) is 0 Å². The number of carbonyl (C=O) groups is 1. The van der Waals surface area contributed by atoms with E-state index in [1.165, 1.54) is 12.3 Å². The van der Waals surface area contributed by atoms with Gasteiger partial charge in [-0.2, -0.15) is 0 Å². The SMILES string of the molecule is Nc1nccc(C(=O)Nc2c(Cl)cc(F)cc2Br)c1F. The fourth-order valence-corrected chi connectivity index (χ4v) is 2.38. The summed E-state index contributed by atoms with van der Waals surface area (Å²) in [5.74, 6) is -2.66. The zero-order valence-electron chi connectivity index (χ0n) is 9.75. The van der Waals surface area contributed by atoms with E-state index in [0.29, 0.717) is 0 Å². The summed E-state index contributed by atoms with van der Waals surface area (Å²) < 4.78 is 27.0. The molecule has 1 aromatic carbocycles. The second kappa shape index (κ2) is 5.72. The Kier molecular flexibility index (Phi) is 4.20. The van der Waals surface area contributed by atoms with E-state index in [9.17, 15) is 13.6 Å². The van der Waals surface area contributed by atoms with E-state index in [-0.39, 0.29) is 26.6 Å². The molecule has 0 unspecified atom stereocenters. The number of aromatic nitrogens is 1. The largest absolute Gasteiger partial charge is 0.381 e. The number of pyridine rings is 1. The zero-order chi connectivity index (χ0) is 14.9. The average Bonchev–Trinajstić information content (AvgIpc) is 2.36. The molecule has 3 N–H and O–H groups in total. The van der Waals surface area contributed by atoms with E-state index in [4.69, 9.17) is 17.3 Å². The third kappa shape index (κ3) is 2.88.